The highest BCUT2D eigenvalue weighted by atomic mass is 16.5. The van der Waals surface area contributed by atoms with Crippen molar-refractivity contribution in [2.75, 3.05) is 25.0 Å². The molecule has 1 aromatic carbocycles. The lowest BCUT2D eigenvalue weighted by Gasteiger charge is -2.38. The molecule has 17 heavy (non-hydrogen) atoms. The average molecular weight is 230 g/mol. The van der Waals surface area contributed by atoms with E-state index in [0.717, 1.165) is 17.7 Å². The van der Waals surface area contributed by atoms with Gasteiger partial charge in [0.25, 0.3) is 0 Å². The second-order valence-electron chi connectivity index (χ2n) is 5.04. The Kier molecular flexibility index (Phi) is 2.54. The minimum Gasteiger partial charge on any atom is -0.624 e. The Labute approximate surface area is 102 Å². The monoisotopic (exact) mass is 230 g/mol. The fourth-order valence-corrected chi connectivity index (χ4v) is 3.15. The molecule has 0 N–H and O–H groups in total. The van der Waals surface area contributed by atoms with Gasteiger partial charge in [-0.15, -0.1) is 0 Å². The number of hydrogen-bond donors (Lipinski definition) is 0. The van der Waals surface area contributed by atoms with Gasteiger partial charge < -0.3 is 10.1 Å². The molecule has 0 aromatic heterocycles. The Hall–Kier alpha value is -1.51. The topological polar surface area (TPSA) is 29.3 Å². The summed E-state index contributed by atoms with van der Waals surface area (Å²) in [7, 11) is 1.57. The van der Waals surface area contributed by atoms with E-state index in [9.17, 15) is 5.21 Å². The van der Waals surface area contributed by atoms with Crippen LogP contribution in [0.5, 0.6) is 0 Å². The van der Waals surface area contributed by atoms with Crippen LogP contribution in [-0.2, 0) is 6.42 Å². The van der Waals surface area contributed by atoms with Gasteiger partial charge in [-0.05, 0) is 30.4 Å². The maximum Gasteiger partial charge on any atom is 0.158 e. The summed E-state index contributed by atoms with van der Waals surface area (Å²) in [4.78, 5) is 2.49. The van der Waals surface area contributed by atoms with Gasteiger partial charge >= 0.3 is 0 Å². The molecule has 0 saturated carbocycles. The Morgan fingerprint density at radius 2 is 2.29 bits per heavy atom. The molecule has 0 amide bonds. The van der Waals surface area contributed by atoms with Crippen LogP contribution in [0.4, 0.5) is 5.69 Å². The fourth-order valence-electron chi connectivity index (χ4n) is 3.15. The van der Waals surface area contributed by atoms with Crippen LogP contribution >= 0.6 is 0 Å². The van der Waals surface area contributed by atoms with Gasteiger partial charge in [-0.2, -0.15) is 0 Å². The van der Waals surface area contributed by atoms with Crippen LogP contribution in [0.2, 0.25) is 0 Å². The van der Waals surface area contributed by atoms with Gasteiger partial charge in [-0.1, -0.05) is 18.2 Å². The Morgan fingerprint density at radius 1 is 1.41 bits per heavy atom. The number of anilines is 1. The van der Waals surface area contributed by atoms with Crippen molar-refractivity contribution < 1.29 is 4.74 Å². The van der Waals surface area contributed by atoms with Crippen LogP contribution in [0.1, 0.15) is 29.9 Å². The van der Waals surface area contributed by atoms with Crippen molar-refractivity contribution in [3.8, 4) is 0 Å². The van der Waals surface area contributed by atoms with E-state index in [2.05, 4.69) is 23.1 Å². The normalized spacial score (nSPS) is 23.5. The fraction of sp³-hybridized carbons (Fsp3) is 0.500. The Morgan fingerprint density at radius 3 is 3.12 bits per heavy atom. The molecule has 1 aromatic rings. The maximum atomic E-state index is 11.2. The largest absolute Gasteiger partial charge is 0.624 e. The first-order valence-corrected chi connectivity index (χ1v) is 6.37. The first kappa shape index (κ1) is 10.6. The van der Waals surface area contributed by atoms with E-state index in [1.807, 2.05) is 6.21 Å². The smallest absolute Gasteiger partial charge is 0.158 e. The quantitative estimate of drug-likeness (QED) is 0.320. The highest BCUT2D eigenvalue weighted by molar-refractivity contribution is 5.74. The van der Waals surface area contributed by atoms with Gasteiger partial charge in [0.1, 0.15) is 7.05 Å². The lowest BCUT2D eigenvalue weighted by molar-refractivity contribution is -0.419. The number of para-hydroxylation sites is 1. The van der Waals surface area contributed by atoms with Crippen molar-refractivity contribution in [3.05, 3.63) is 34.5 Å². The van der Waals surface area contributed by atoms with Crippen molar-refractivity contribution in [2.24, 2.45) is 0 Å². The molecule has 0 radical (unpaired) electrons. The third kappa shape index (κ3) is 1.79. The van der Waals surface area contributed by atoms with Crippen LogP contribution < -0.4 is 4.90 Å². The molecule has 3 nitrogen and oxygen atoms in total. The predicted molar refractivity (Wildman–Crippen MR) is 69.9 cm³/mol. The number of hydroxylamine groups is 1. The first-order valence-electron chi connectivity index (χ1n) is 6.37. The van der Waals surface area contributed by atoms with Gasteiger partial charge in [0.2, 0.25) is 0 Å². The molecule has 0 saturated heterocycles. The summed E-state index contributed by atoms with van der Waals surface area (Å²) < 4.78 is 0.947. The molecule has 2 aliphatic heterocycles. The van der Waals surface area contributed by atoms with Crippen molar-refractivity contribution in [1.29, 1.82) is 0 Å². The lowest BCUT2D eigenvalue weighted by Crippen LogP contribution is -2.36. The molecule has 0 fully saturated rings. The summed E-state index contributed by atoms with van der Waals surface area (Å²) in [6.45, 7) is 2.25. The molecule has 0 bridgehead atoms. The van der Waals surface area contributed by atoms with E-state index in [-0.39, 0.29) is 0 Å². The van der Waals surface area contributed by atoms with E-state index in [1.54, 1.807) is 7.05 Å². The molecule has 3 rings (SSSR count). The number of aryl methyl sites for hydroxylation is 1. The summed E-state index contributed by atoms with van der Waals surface area (Å²) in [5.74, 6) is 0.293. The summed E-state index contributed by atoms with van der Waals surface area (Å²) in [5.41, 5.74) is 4.21. The number of rotatable bonds is 1. The molecule has 2 heterocycles. The molecule has 0 spiro atoms. The van der Waals surface area contributed by atoms with Gasteiger partial charge in [-0.25, -0.2) is 4.74 Å². The van der Waals surface area contributed by atoms with Crippen LogP contribution in [0.15, 0.2) is 18.2 Å². The van der Waals surface area contributed by atoms with Crippen molar-refractivity contribution in [3.63, 3.8) is 0 Å². The lowest BCUT2D eigenvalue weighted by atomic mass is 9.85. The van der Waals surface area contributed by atoms with E-state index >= 15 is 0 Å². The Bertz CT molecular complexity index is 463. The standard InChI is InChI=1S/C14H18N2O/c1-15(17)10-12-7-9-16-8-3-5-11-4-2-6-13(12)14(11)16/h2,4,6,10,12H,3,5,7-9H2,1H3. The molecule has 0 aliphatic carbocycles. The van der Waals surface area contributed by atoms with Gasteiger partial charge in [0, 0.05) is 18.8 Å². The Balaban J connectivity index is 2.09. The van der Waals surface area contributed by atoms with Crippen LogP contribution in [-0.4, -0.2) is 31.1 Å². The molecule has 2 aliphatic rings. The number of hydrogen-bond acceptors (Lipinski definition) is 2. The summed E-state index contributed by atoms with van der Waals surface area (Å²) in [6, 6.07) is 6.55. The number of nitrogens with zero attached hydrogens (tertiary/aromatic N) is 2. The second kappa shape index (κ2) is 4.06. The molecular weight excluding hydrogens is 212 g/mol. The molecule has 90 valence electrons. The minimum atomic E-state index is 0.293. The third-order valence-electron chi connectivity index (χ3n) is 3.84. The first-order chi connectivity index (χ1) is 8.25. The zero-order chi connectivity index (χ0) is 11.8. The highest BCUT2D eigenvalue weighted by Gasteiger charge is 2.29. The van der Waals surface area contributed by atoms with E-state index in [1.165, 1.54) is 36.2 Å². The number of benzene rings is 1. The maximum absolute atomic E-state index is 11.2. The van der Waals surface area contributed by atoms with E-state index in [0.29, 0.717) is 5.92 Å². The summed E-state index contributed by atoms with van der Waals surface area (Å²) in [6.07, 6.45) is 5.30. The zero-order valence-electron chi connectivity index (χ0n) is 10.2. The van der Waals surface area contributed by atoms with Crippen molar-refractivity contribution >= 4 is 11.9 Å². The van der Waals surface area contributed by atoms with Crippen LogP contribution in [0, 0.1) is 5.21 Å². The van der Waals surface area contributed by atoms with Crippen LogP contribution in [0.3, 0.4) is 0 Å². The molecule has 1 unspecified atom stereocenters. The van der Waals surface area contributed by atoms with E-state index in [4.69, 9.17) is 0 Å². The molecule has 1 atom stereocenters. The second-order valence-corrected chi connectivity index (χ2v) is 5.04. The van der Waals surface area contributed by atoms with Crippen molar-refractivity contribution in [1.82, 2.24) is 0 Å². The summed E-state index contributed by atoms with van der Waals surface area (Å²) in [5, 5.41) is 11.2. The van der Waals surface area contributed by atoms with Gasteiger partial charge in [0.15, 0.2) is 6.21 Å². The molecular formula is C14H18N2O. The van der Waals surface area contributed by atoms with Gasteiger partial charge in [0.05, 0.1) is 5.92 Å². The third-order valence-corrected chi connectivity index (χ3v) is 3.84. The zero-order valence-corrected chi connectivity index (χ0v) is 10.2. The average Bonchev–Trinajstić information content (AvgIpc) is 2.33. The van der Waals surface area contributed by atoms with E-state index < -0.39 is 0 Å². The SMILES string of the molecule is C[N+]([O-])=CC1CCN2CCCc3cccc1c32. The van der Waals surface area contributed by atoms with Gasteiger partial charge in [-0.3, -0.25) is 0 Å². The predicted octanol–water partition coefficient (Wildman–Crippen LogP) is 2.14. The van der Waals surface area contributed by atoms with Crippen LogP contribution in [0.25, 0.3) is 0 Å². The minimum absolute atomic E-state index is 0.293. The highest BCUT2D eigenvalue weighted by Crippen LogP contribution is 2.39. The molecule has 3 heteroatoms. The van der Waals surface area contributed by atoms with Crippen molar-refractivity contribution in [2.45, 2.75) is 25.2 Å². The summed E-state index contributed by atoms with van der Waals surface area (Å²) >= 11 is 0.